The van der Waals surface area contributed by atoms with Crippen LogP contribution in [0, 0.1) is 0 Å². The van der Waals surface area contributed by atoms with E-state index in [1.54, 1.807) is 0 Å². The Labute approximate surface area is 308 Å². The van der Waals surface area contributed by atoms with E-state index in [9.17, 15) is 0 Å². The van der Waals surface area contributed by atoms with Crippen molar-refractivity contribution < 1.29 is 4.42 Å². The van der Waals surface area contributed by atoms with Gasteiger partial charge < -0.3 is 14.7 Å². The van der Waals surface area contributed by atoms with Crippen molar-refractivity contribution in [3.8, 4) is 5.69 Å². The van der Waals surface area contributed by atoms with E-state index in [4.69, 9.17) is 15.1 Å². The maximum Gasteiger partial charge on any atom is 0.136 e. The molecule has 4 nitrogen and oxygen atoms in total. The van der Waals surface area contributed by atoms with Gasteiger partial charge >= 0.3 is 0 Å². The lowest BCUT2D eigenvalue weighted by atomic mass is 9.96. The number of aromatic nitrogens is 1. The first-order valence-corrected chi connectivity index (χ1v) is 18.7. The quantitative estimate of drug-likeness (QED) is 0.111. The molecule has 11 rings (SSSR count). The minimum atomic E-state index is 0.441. The summed E-state index contributed by atoms with van der Waals surface area (Å²) in [5, 5.41) is 11.1. The van der Waals surface area contributed by atoms with Gasteiger partial charge in [0.2, 0.25) is 0 Å². The van der Waals surface area contributed by atoms with E-state index in [-0.39, 0.29) is 0 Å². The number of nitrogens with zero attached hydrogens (tertiary/aromatic N) is 2. The Balaban J connectivity index is 1.13. The molecule has 0 radical (unpaired) electrons. The fourth-order valence-corrected chi connectivity index (χ4v) is 9.38. The highest BCUT2D eigenvalue weighted by atomic mass is 32.1. The molecule has 11 aromatic rings. The Hall–Kier alpha value is -6.69. The van der Waals surface area contributed by atoms with Crippen LogP contribution in [0.15, 0.2) is 173 Å². The van der Waals surface area contributed by atoms with Gasteiger partial charge in [0, 0.05) is 59.4 Å². The fraction of sp³-hybridized carbons (Fsp3) is 0.0208. The van der Waals surface area contributed by atoms with E-state index < -0.39 is 0 Å². The van der Waals surface area contributed by atoms with Crippen LogP contribution >= 0.6 is 11.3 Å². The molecule has 0 amide bonds. The van der Waals surface area contributed by atoms with Crippen molar-refractivity contribution in [2.45, 2.75) is 6.42 Å². The Kier molecular flexibility index (Phi) is 6.60. The minimum Gasteiger partial charge on any atom is -0.458 e. The third-order valence-electron chi connectivity index (χ3n) is 10.6. The monoisotopic (exact) mass is 697 g/mol. The van der Waals surface area contributed by atoms with Crippen LogP contribution in [0.2, 0.25) is 0 Å². The lowest BCUT2D eigenvalue weighted by Gasteiger charge is -2.13. The van der Waals surface area contributed by atoms with E-state index in [1.165, 1.54) is 58.0 Å². The summed E-state index contributed by atoms with van der Waals surface area (Å²) >= 11 is 1.87. The standard InChI is InChI=1S/C48H31N3OS/c49-48(50-46-37-16-5-8-19-40(37)52-41(46)27-29-11-2-1-3-12-29)31-13-10-14-32(28-31)51-39-18-7-4-15-33(39)35-25-24-34-36(47(35)51)23-21-30-22-26-43-45(44(30)34)38-17-6-9-20-42(38)53-43/h1-26,28H,27H2,(H2,49,50). The van der Waals surface area contributed by atoms with Gasteiger partial charge in [0.05, 0.1) is 11.0 Å². The molecule has 0 saturated carbocycles. The van der Waals surface area contributed by atoms with Crippen molar-refractivity contribution >= 4 is 97.4 Å². The molecule has 0 spiro atoms. The molecular formula is C48H31N3OS. The van der Waals surface area contributed by atoms with Crippen molar-refractivity contribution in [3.63, 3.8) is 0 Å². The van der Waals surface area contributed by atoms with Gasteiger partial charge in [0.15, 0.2) is 0 Å². The summed E-state index contributed by atoms with van der Waals surface area (Å²) in [7, 11) is 0. The molecule has 0 aliphatic carbocycles. The molecule has 8 aromatic carbocycles. The number of thiophene rings is 1. The summed E-state index contributed by atoms with van der Waals surface area (Å²) < 4.78 is 11.4. The first kappa shape index (κ1) is 30.0. The topological polar surface area (TPSA) is 56.4 Å². The summed E-state index contributed by atoms with van der Waals surface area (Å²) in [6.45, 7) is 0. The third-order valence-corrected chi connectivity index (χ3v) is 11.8. The van der Waals surface area contributed by atoms with Crippen LogP contribution < -0.4 is 5.73 Å². The zero-order valence-corrected chi connectivity index (χ0v) is 29.4. The Bertz CT molecular complexity index is 3270. The zero-order chi connectivity index (χ0) is 35.0. The summed E-state index contributed by atoms with van der Waals surface area (Å²) in [4.78, 5) is 5.09. The predicted octanol–water partition coefficient (Wildman–Crippen LogP) is 12.8. The molecule has 0 aliphatic heterocycles. The first-order chi connectivity index (χ1) is 26.2. The highest BCUT2D eigenvalue weighted by molar-refractivity contribution is 7.26. The van der Waals surface area contributed by atoms with Crippen LogP contribution in [0.3, 0.4) is 0 Å². The third kappa shape index (κ3) is 4.64. The number of rotatable bonds is 5. The molecular weight excluding hydrogens is 667 g/mol. The normalized spacial score (nSPS) is 12.4. The van der Waals surface area contributed by atoms with Gasteiger partial charge in [-0.05, 0) is 64.2 Å². The van der Waals surface area contributed by atoms with Crippen LogP contribution in [0.25, 0.3) is 80.2 Å². The molecule has 0 bridgehead atoms. The van der Waals surface area contributed by atoms with Gasteiger partial charge in [-0.1, -0.05) is 121 Å². The van der Waals surface area contributed by atoms with Crippen molar-refractivity contribution in [1.82, 2.24) is 4.57 Å². The van der Waals surface area contributed by atoms with Gasteiger partial charge in [-0.15, -0.1) is 11.3 Å². The average molecular weight is 698 g/mol. The largest absolute Gasteiger partial charge is 0.458 e. The van der Waals surface area contributed by atoms with Crippen LogP contribution in [0.5, 0.6) is 0 Å². The second-order valence-corrected chi connectivity index (χ2v) is 14.8. The van der Waals surface area contributed by atoms with Gasteiger partial charge in [0.1, 0.15) is 22.9 Å². The lowest BCUT2D eigenvalue weighted by molar-refractivity contribution is 0.564. The molecule has 3 heterocycles. The molecule has 250 valence electrons. The zero-order valence-electron chi connectivity index (χ0n) is 28.6. The number of hydrogen-bond acceptors (Lipinski definition) is 3. The van der Waals surface area contributed by atoms with E-state index in [1.807, 2.05) is 53.8 Å². The molecule has 0 aliphatic rings. The summed E-state index contributed by atoms with van der Waals surface area (Å²) in [5.74, 6) is 1.24. The summed E-state index contributed by atoms with van der Waals surface area (Å²) in [6.07, 6.45) is 0.623. The van der Waals surface area contributed by atoms with Crippen molar-refractivity contribution in [2.75, 3.05) is 0 Å². The number of furan rings is 1. The smallest absolute Gasteiger partial charge is 0.136 e. The SMILES string of the molecule is NC(=Nc1c(Cc2ccccc2)oc2ccccc12)c1cccc(-n2c3ccccc3c3ccc4c(ccc5ccc6sc7ccccc7c6c54)c32)c1. The molecule has 0 saturated heterocycles. The lowest BCUT2D eigenvalue weighted by Crippen LogP contribution is -2.13. The first-order valence-electron chi connectivity index (χ1n) is 17.9. The van der Waals surface area contributed by atoms with Gasteiger partial charge in [-0.25, -0.2) is 4.99 Å². The highest BCUT2D eigenvalue weighted by Crippen LogP contribution is 2.44. The predicted molar refractivity (Wildman–Crippen MR) is 225 cm³/mol. The molecule has 5 heteroatoms. The number of amidine groups is 1. The maximum absolute atomic E-state index is 6.93. The number of aliphatic imine (C=N–C) groups is 1. The van der Waals surface area contributed by atoms with Crippen molar-refractivity contribution in [3.05, 3.63) is 181 Å². The Morgan fingerprint density at radius 3 is 2.21 bits per heavy atom. The molecule has 0 fully saturated rings. The molecule has 2 N–H and O–H groups in total. The number of benzene rings is 8. The maximum atomic E-state index is 6.93. The van der Waals surface area contributed by atoms with E-state index in [2.05, 4.69) is 126 Å². The van der Waals surface area contributed by atoms with E-state index >= 15 is 0 Å². The van der Waals surface area contributed by atoms with Crippen molar-refractivity contribution in [2.24, 2.45) is 10.7 Å². The number of nitrogens with two attached hydrogens (primary N) is 1. The number of hydrogen-bond donors (Lipinski definition) is 1. The van der Waals surface area contributed by atoms with Crippen molar-refractivity contribution in [1.29, 1.82) is 0 Å². The summed E-state index contributed by atoms with van der Waals surface area (Å²) in [5.41, 5.74) is 13.9. The second-order valence-electron chi connectivity index (χ2n) is 13.7. The molecule has 0 unspecified atom stereocenters. The van der Waals surface area contributed by atoms with E-state index in [0.717, 1.165) is 44.7 Å². The number of para-hydroxylation sites is 2. The Morgan fingerprint density at radius 2 is 1.30 bits per heavy atom. The molecule has 53 heavy (non-hydrogen) atoms. The Morgan fingerprint density at radius 1 is 0.585 bits per heavy atom. The van der Waals surface area contributed by atoms with Gasteiger partial charge in [0.25, 0.3) is 0 Å². The highest BCUT2D eigenvalue weighted by Gasteiger charge is 2.19. The average Bonchev–Trinajstić information content (AvgIpc) is 3.87. The summed E-state index contributed by atoms with van der Waals surface area (Å²) in [6, 6.07) is 58.0. The fourth-order valence-electron chi connectivity index (χ4n) is 8.27. The number of fused-ring (bicyclic) bond motifs is 12. The van der Waals surface area contributed by atoms with Gasteiger partial charge in [-0.3, -0.25) is 0 Å². The molecule has 3 aromatic heterocycles. The van der Waals surface area contributed by atoms with Crippen LogP contribution in [0.1, 0.15) is 16.9 Å². The molecule has 0 atom stereocenters. The van der Waals surface area contributed by atoms with Crippen LogP contribution in [-0.4, -0.2) is 10.4 Å². The van der Waals surface area contributed by atoms with Crippen LogP contribution in [0.4, 0.5) is 5.69 Å². The van der Waals surface area contributed by atoms with E-state index in [0.29, 0.717) is 12.3 Å². The van der Waals surface area contributed by atoms with Crippen LogP contribution in [-0.2, 0) is 6.42 Å². The minimum absolute atomic E-state index is 0.441. The van der Waals surface area contributed by atoms with Gasteiger partial charge in [-0.2, -0.15) is 0 Å². The second kappa shape index (κ2) is 11.7.